The van der Waals surface area contributed by atoms with Crippen LogP contribution in [0.4, 0.5) is 13.2 Å². The second-order valence-corrected chi connectivity index (χ2v) is 6.87. The first kappa shape index (κ1) is 16.6. The highest BCUT2D eigenvalue weighted by Crippen LogP contribution is 2.47. The highest BCUT2D eigenvalue weighted by Gasteiger charge is 2.54. The van der Waals surface area contributed by atoms with E-state index in [1.807, 2.05) is 0 Å². The number of halogens is 3. The number of rotatable bonds is 1. The van der Waals surface area contributed by atoms with Crippen molar-refractivity contribution in [1.29, 1.82) is 0 Å². The van der Waals surface area contributed by atoms with Crippen LogP contribution >= 0.6 is 0 Å². The molecular formula is C20H15F3N2O. The molecule has 2 aromatic carbocycles. The van der Waals surface area contributed by atoms with E-state index in [4.69, 9.17) is 0 Å². The summed E-state index contributed by atoms with van der Waals surface area (Å²) >= 11 is 0. The standard InChI is InChI=1S/C20H15F3N2O/c1-19(2)20(22,23)17-14(7-5-8-15(17)21)18(24-19)13-10-12-6-3-4-9-16(12)25(26)11-13/h3-11H,1-2H3. The maximum Gasteiger partial charge on any atom is 0.300 e. The zero-order chi connectivity index (χ0) is 18.7. The fourth-order valence-electron chi connectivity index (χ4n) is 3.32. The van der Waals surface area contributed by atoms with Crippen molar-refractivity contribution in [3.05, 3.63) is 82.4 Å². The Hall–Kier alpha value is -2.89. The molecule has 1 aliphatic rings. The summed E-state index contributed by atoms with van der Waals surface area (Å²) in [6.07, 6.45) is 1.29. The molecule has 2 heterocycles. The van der Waals surface area contributed by atoms with Gasteiger partial charge in [0.25, 0.3) is 0 Å². The molecule has 0 bridgehead atoms. The highest BCUT2D eigenvalue weighted by molar-refractivity contribution is 6.15. The van der Waals surface area contributed by atoms with E-state index in [2.05, 4.69) is 4.99 Å². The van der Waals surface area contributed by atoms with Gasteiger partial charge in [-0.25, -0.2) is 4.39 Å². The van der Waals surface area contributed by atoms with Gasteiger partial charge in [0.2, 0.25) is 5.52 Å². The van der Waals surface area contributed by atoms with Gasteiger partial charge in [-0.3, -0.25) is 4.99 Å². The van der Waals surface area contributed by atoms with Crippen molar-refractivity contribution in [2.75, 3.05) is 0 Å². The number of aliphatic imine (C=N–C) groups is 1. The van der Waals surface area contributed by atoms with E-state index in [-0.39, 0.29) is 11.3 Å². The van der Waals surface area contributed by atoms with Crippen molar-refractivity contribution in [2.24, 2.45) is 4.99 Å². The first-order chi connectivity index (χ1) is 12.2. The van der Waals surface area contributed by atoms with E-state index in [1.165, 1.54) is 32.2 Å². The number of hydrogen-bond acceptors (Lipinski definition) is 2. The Morgan fingerprint density at radius 2 is 1.77 bits per heavy atom. The van der Waals surface area contributed by atoms with Crippen LogP contribution in [0.25, 0.3) is 10.9 Å². The van der Waals surface area contributed by atoms with Gasteiger partial charge in [-0.1, -0.05) is 24.3 Å². The summed E-state index contributed by atoms with van der Waals surface area (Å²) in [5, 5.41) is 13.0. The third-order valence-electron chi connectivity index (χ3n) is 4.76. The van der Waals surface area contributed by atoms with Crippen LogP contribution in [0.3, 0.4) is 0 Å². The maximum absolute atomic E-state index is 14.8. The number of benzene rings is 2. The lowest BCUT2D eigenvalue weighted by atomic mass is 9.81. The molecule has 132 valence electrons. The Morgan fingerprint density at radius 1 is 1.04 bits per heavy atom. The number of nitrogens with zero attached hydrogens (tertiary/aromatic N) is 2. The molecule has 0 unspecified atom stereocenters. The Bertz CT molecular complexity index is 1070. The lowest BCUT2D eigenvalue weighted by Crippen LogP contribution is -2.45. The van der Waals surface area contributed by atoms with Crippen LogP contribution < -0.4 is 4.73 Å². The van der Waals surface area contributed by atoms with Crippen molar-refractivity contribution in [3.63, 3.8) is 0 Å². The topological polar surface area (TPSA) is 39.3 Å². The maximum atomic E-state index is 14.8. The molecule has 0 atom stereocenters. The minimum Gasteiger partial charge on any atom is -0.618 e. The second-order valence-electron chi connectivity index (χ2n) is 6.87. The van der Waals surface area contributed by atoms with Gasteiger partial charge < -0.3 is 5.21 Å². The predicted octanol–water partition coefficient (Wildman–Crippen LogP) is 4.33. The van der Waals surface area contributed by atoms with Crippen LogP contribution in [-0.4, -0.2) is 11.3 Å². The Kier molecular flexibility index (Phi) is 3.38. The zero-order valence-electron chi connectivity index (χ0n) is 14.1. The van der Waals surface area contributed by atoms with Crippen molar-refractivity contribution in [1.82, 2.24) is 0 Å². The van der Waals surface area contributed by atoms with Crippen molar-refractivity contribution < 1.29 is 17.9 Å². The van der Waals surface area contributed by atoms with Gasteiger partial charge in [-0.2, -0.15) is 13.5 Å². The van der Waals surface area contributed by atoms with Crippen LogP contribution in [0.15, 0.2) is 59.7 Å². The van der Waals surface area contributed by atoms with Crippen LogP contribution in [-0.2, 0) is 5.92 Å². The molecule has 1 aliphatic heterocycles. The van der Waals surface area contributed by atoms with Gasteiger partial charge in [0, 0.05) is 17.0 Å². The molecule has 0 saturated heterocycles. The number of hydrogen-bond donors (Lipinski definition) is 0. The van der Waals surface area contributed by atoms with E-state index in [0.717, 1.165) is 6.07 Å². The minimum atomic E-state index is -3.47. The van der Waals surface area contributed by atoms with E-state index >= 15 is 0 Å². The average Bonchev–Trinajstić information content (AvgIpc) is 2.58. The molecule has 0 fully saturated rings. The summed E-state index contributed by atoms with van der Waals surface area (Å²) in [5.41, 5.74) is -1.52. The van der Waals surface area contributed by atoms with E-state index < -0.39 is 22.8 Å². The molecule has 3 nitrogen and oxygen atoms in total. The van der Waals surface area contributed by atoms with Crippen LogP contribution in [0, 0.1) is 11.0 Å². The average molecular weight is 356 g/mol. The fraction of sp³-hybridized carbons (Fsp3) is 0.200. The molecule has 0 amide bonds. The summed E-state index contributed by atoms with van der Waals surface area (Å²) < 4.78 is 44.7. The second kappa shape index (κ2) is 5.30. The SMILES string of the molecule is CC1(C)N=C(c2cc3ccccc3[n+]([O-])c2)c2cccc(F)c2C1(F)F. The third-order valence-corrected chi connectivity index (χ3v) is 4.76. The molecule has 26 heavy (non-hydrogen) atoms. The monoisotopic (exact) mass is 356 g/mol. The number of para-hydroxylation sites is 1. The number of pyridine rings is 1. The highest BCUT2D eigenvalue weighted by atomic mass is 19.3. The Balaban J connectivity index is 2.04. The third kappa shape index (κ3) is 2.21. The number of fused-ring (bicyclic) bond motifs is 2. The van der Waals surface area contributed by atoms with Crippen molar-refractivity contribution in [2.45, 2.75) is 25.3 Å². The first-order valence-electron chi connectivity index (χ1n) is 8.12. The molecule has 0 spiro atoms. The summed E-state index contributed by atoms with van der Waals surface area (Å²) in [4.78, 5) is 4.22. The summed E-state index contributed by atoms with van der Waals surface area (Å²) in [5.74, 6) is -4.45. The van der Waals surface area contributed by atoms with E-state index in [1.54, 1.807) is 30.3 Å². The Morgan fingerprint density at radius 3 is 2.54 bits per heavy atom. The molecule has 4 rings (SSSR count). The zero-order valence-corrected chi connectivity index (χ0v) is 14.1. The van der Waals surface area contributed by atoms with Crippen LogP contribution in [0.1, 0.15) is 30.5 Å². The quantitative estimate of drug-likeness (QED) is 0.472. The summed E-state index contributed by atoms with van der Waals surface area (Å²) in [7, 11) is 0. The molecular weight excluding hydrogens is 341 g/mol. The molecule has 3 aromatic rings. The van der Waals surface area contributed by atoms with E-state index in [9.17, 15) is 18.4 Å². The lowest BCUT2D eigenvalue weighted by molar-refractivity contribution is -0.577. The largest absolute Gasteiger partial charge is 0.618 e. The summed E-state index contributed by atoms with van der Waals surface area (Å²) in [6, 6.07) is 12.4. The summed E-state index contributed by atoms with van der Waals surface area (Å²) in [6.45, 7) is 2.52. The minimum absolute atomic E-state index is 0.00426. The van der Waals surface area contributed by atoms with Crippen molar-refractivity contribution >= 4 is 16.6 Å². The Labute approximate surface area is 148 Å². The van der Waals surface area contributed by atoms with Gasteiger partial charge >= 0.3 is 5.92 Å². The molecule has 0 saturated carbocycles. The molecule has 0 N–H and O–H groups in total. The van der Waals surface area contributed by atoms with Gasteiger partial charge in [0.15, 0.2) is 6.20 Å². The molecule has 1 aromatic heterocycles. The number of aromatic nitrogens is 1. The van der Waals surface area contributed by atoms with Crippen molar-refractivity contribution in [3.8, 4) is 0 Å². The van der Waals surface area contributed by atoms with Crippen LogP contribution in [0.2, 0.25) is 0 Å². The molecule has 0 radical (unpaired) electrons. The predicted molar refractivity (Wildman–Crippen MR) is 92.9 cm³/mol. The van der Waals surface area contributed by atoms with Gasteiger partial charge in [0.05, 0.1) is 16.8 Å². The first-order valence-corrected chi connectivity index (χ1v) is 8.12. The molecule has 0 aliphatic carbocycles. The molecule has 6 heteroatoms. The smallest absolute Gasteiger partial charge is 0.300 e. The van der Waals surface area contributed by atoms with Gasteiger partial charge in [-0.05, 0) is 32.0 Å². The van der Waals surface area contributed by atoms with Gasteiger partial charge in [-0.15, -0.1) is 0 Å². The number of alkyl halides is 2. The van der Waals surface area contributed by atoms with Gasteiger partial charge in [0.1, 0.15) is 11.4 Å². The fourth-order valence-corrected chi connectivity index (χ4v) is 3.32. The van der Waals surface area contributed by atoms with Crippen LogP contribution in [0.5, 0.6) is 0 Å². The lowest BCUT2D eigenvalue weighted by Gasteiger charge is -2.37. The van der Waals surface area contributed by atoms with E-state index in [0.29, 0.717) is 21.2 Å². The normalized spacial score (nSPS) is 17.7.